The molecule has 0 unspecified atom stereocenters. The van der Waals surface area contributed by atoms with Crippen LogP contribution in [-0.4, -0.2) is 49.0 Å². The molecule has 10 heteroatoms. The van der Waals surface area contributed by atoms with E-state index in [-0.39, 0.29) is 17.5 Å². The third kappa shape index (κ3) is 3.94. The first-order valence-electron chi connectivity index (χ1n) is 11.8. The molecule has 4 heterocycles. The Morgan fingerprint density at radius 1 is 1.05 bits per heavy atom. The molecule has 1 aliphatic rings. The first-order chi connectivity index (χ1) is 17.9. The van der Waals surface area contributed by atoms with Gasteiger partial charge in [-0.1, -0.05) is 24.3 Å². The number of hydrogen-bond donors (Lipinski definition) is 4. The molecule has 0 saturated heterocycles. The zero-order chi connectivity index (χ0) is 25.7. The third-order valence-corrected chi connectivity index (χ3v) is 8.30. The van der Waals surface area contributed by atoms with Crippen LogP contribution in [-0.2, 0) is 10.0 Å². The van der Waals surface area contributed by atoms with Crippen LogP contribution in [0.15, 0.2) is 72.0 Å². The number of aromatic nitrogens is 3. The predicted molar refractivity (Wildman–Crippen MR) is 140 cm³/mol. The summed E-state index contributed by atoms with van der Waals surface area (Å²) in [5.41, 5.74) is 4.53. The second-order valence-electron chi connectivity index (χ2n) is 9.20. The van der Waals surface area contributed by atoms with Gasteiger partial charge < -0.3 is 20.0 Å². The molecule has 4 N–H and O–H groups in total. The number of carbonyl (C=O) groups is 1. The van der Waals surface area contributed by atoms with Crippen LogP contribution >= 0.6 is 0 Å². The van der Waals surface area contributed by atoms with Crippen molar-refractivity contribution in [1.82, 2.24) is 25.0 Å². The summed E-state index contributed by atoms with van der Waals surface area (Å²) in [6.07, 6.45) is 3.40. The van der Waals surface area contributed by atoms with E-state index in [0.717, 1.165) is 38.5 Å². The van der Waals surface area contributed by atoms with Crippen molar-refractivity contribution in [3.8, 4) is 5.75 Å². The second kappa shape index (κ2) is 8.75. The highest BCUT2D eigenvalue weighted by Gasteiger charge is 2.38. The number of nitrogens with one attached hydrogen (secondary N) is 4. The number of fused-ring (bicyclic) bond motifs is 4. The summed E-state index contributed by atoms with van der Waals surface area (Å²) in [7, 11) is -2.39. The molecule has 3 aromatic heterocycles. The van der Waals surface area contributed by atoms with Crippen LogP contribution in [0.4, 0.5) is 0 Å². The highest BCUT2D eigenvalue weighted by molar-refractivity contribution is 7.89. The van der Waals surface area contributed by atoms with Crippen molar-refractivity contribution in [2.24, 2.45) is 0 Å². The van der Waals surface area contributed by atoms with Gasteiger partial charge in [0, 0.05) is 46.7 Å². The van der Waals surface area contributed by atoms with E-state index in [1.165, 1.54) is 12.3 Å². The van der Waals surface area contributed by atoms with Crippen LogP contribution in [0, 0.1) is 6.92 Å². The van der Waals surface area contributed by atoms with Crippen molar-refractivity contribution >= 4 is 37.7 Å². The van der Waals surface area contributed by atoms with Gasteiger partial charge in [-0.2, -0.15) is 0 Å². The van der Waals surface area contributed by atoms with Crippen LogP contribution in [0.2, 0.25) is 0 Å². The highest BCUT2D eigenvalue weighted by Crippen LogP contribution is 2.41. The van der Waals surface area contributed by atoms with E-state index in [0.29, 0.717) is 11.4 Å². The number of sulfonamides is 1. The summed E-state index contributed by atoms with van der Waals surface area (Å²) in [6, 6.07) is 15.8. The molecule has 0 aliphatic carbocycles. The molecular formula is C27H25N5O4S. The summed E-state index contributed by atoms with van der Waals surface area (Å²) in [4.78, 5) is 23.9. The largest absolute Gasteiger partial charge is 0.497 e. The molecule has 2 atom stereocenters. The summed E-state index contributed by atoms with van der Waals surface area (Å²) in [5, 5.41) is 4.57. The summed E-state index contributed by atoms with van der Waals surface area (Å²) in [6.45, 7) is 1.93. The van der Waals surface area contributed by atoms with Crippen molar-refractivity contribution < 1.29 is 17.9 Å². The zero-order valence-corrected chi connectivity index (χ0v) is 21.0. The Kier molecular flexibility index (Phi) is 5.50. The monoisotopic (exact) mass is 515 g/mol. The Morgan fingerprint density at radius 2 is 1.89 bits per heavy atom. The van der Waals surface area contributed by atoms with E-state index < -0.39 is 22.0 Å². The fourth-order valence-electron chi connectivity index (χ4n) is 5.14. The number of aryl methyl sites for hydroxylation is 1. The van der Waals surface area contributed by atoms with Crippen molar-refractivity contribution in [2.45, 2.75) is 23.9 Å². The molecule has 37 heavy (non-hydrogen) atoms. The molecule has 2 aromatic carbocycles. The normalized spacial score (nSPS) is 17.9. The van der Waals surface area contributed by atoms with Gasteiger partial charge in [-0.05, 0) is 53.9 Å². The smallest absolute Gasteiger partial charge is 0.268 e. The second-order valence-corrected chi connectivity index (χ2v) is 10.9. The third-order valence-electron chi connectivity index (χ3n) is 6.89. The maximum Gasteiger partial charge on any atom is 0.268 e. The molecule has 0 saturated carbocycles. The first-order valence-corrected chi connectivity index (χ1v) is 13.3. The Hall–Kier alpha value is -4.15. The van der Waals surface area contributed by atoms with Gasteiger partial charge in [0.15, 0.2) is 5.03 Å². The molecule has 0 bridgehead atoms. The predicted octanol–water partition coefficient (Wildman–Crippen LogP) is 3.58. The van der Waals surface area contributed by atoms with Crippen molar-refractivity contribution in [2.75, 3.05) is 13.7 Å². The number of para-hydroxylation sites is 1. The topological polar surface area (TPSA) is 129 Å². The van der Waals surface area contributed by atoms with Crippen LogP contribution < -0.4 is 14.8 Å². The van der Waals surface area contributed by atoms with E-state index in [1.807, 2.05) is 55.6 Å². The number of nitrogens with zero attached hydrogens (tertiary/aromatic N) is 1. The van der Waals surface area contributed by atoms with Gasteiger partial charge in [0.25, 0.3) is 15.9 Å². The molecule has 1 amide bonds. The number of H-pyrrole nitrogens is 2. The zero-order valence-electron chi connectivity index (χ0n) is 20.2. The number of carbonyl (C=O) groups excluding carboxylic acids is 1. The van der Waals surface area contributed by atoms with Gasteiger partial charge in [-0.3, -0.25) is 4.79 Å². The Labute approximate surface area is 213 Å². The minimum Gasteiger partial charge on any atom is -0.497 e. The van der Waals surface area contributed by atoms with Gasteiger partial charge in [0.2, 0.25) is 0 Å². The SMILES string of the molecule is COc1ccc2[nH]cc([C@@H]3c4c([nH]c5ccccc45)C(=O)NC[C@H]3NS(=O)(=O)c3ccc(C)cn3)c2c1. The molecule has 188 valence electrons. The molecule has 0 fully saturated rings. The van der Waals surface area contributed by atoms with Crippen molar-refractivity contribution in [1.29, 1.82) is 0 Å². The van der Waals surface area contributed by atoms with Gasteiger partial charge >= 0.3 is 0 Å². The number of rotatable bonds is 5. The lowest BCUT2D eigenvalue weighted by atomic mass is 9.84. The number of methoxy groups -OCH3 is 1. The number of ether oxygens (including phenoxy) is 1. The van der Waals surface area contributed by atoms with Crippen molar-refractivity contribution in [3.05, 3.63) is 89.4 Å². The lowest BCUT2D eigenvalue weighted by Crippen LogP contribution is -2.45. The number of amides is 1. The van der Waals surface area contributed by atoms with Gasteiger partial charge in [-0.25, -0.2) is 18.1 Å². The highest BCUT2D eigenvalue weighted by atomic mass is 32.2. The Morgan fingerprint density at radius 3 is 2.68 bits per heavy atom. The van der Waals surface area contributed by atoms with Gasteiger partial charge in [0.05, 0.1) is 13.2 Å². The first kappa shape index (κ1) is 23.3. The average Bonchev–Trinajstić information content (AvgIpc) is 3.46. The fourth-order valence-corrected chi connectivity index (χ4v) is 6.31. The lowest BCUT2D eigenvalue weighted by Gasteiger charge is -2.26. The van der Waals surface area contributed by atoms with E-state index >= 15 is 0 Å². The van der Waals surface area contributed by atoms with E-state index in [1.54, 1.807) is 13.2 Å². The lowest BCUT2D eigenvalue weighted by molar-refractivity contribution is 0.0950. The Bertz CT molecular complexity index is 1760. The summed E-state index contributed by atoms with van der Waals surface area (Å²) >= 11 is 0. The van der Waals surface area contributed by atoms with Crippen LogP contribution in [0.3, 0.4) is 0 Å². The molecule has 0 spiro atoms. The number of hydrogen-bond acceptors (Lipinski definition) is 5. The fraction of sp³-hybridized carbons (Fsp3) is 0.185. The van der Waals surface area contributed by atoms with Crippen LogP contribution in [0.25, 0.3) is 21.8 Å². The summed E-state index contributed by atoms with van der Waals surface area (Å²) < 4.78 is 35.3. The molecule has 0 radical (unpaired) electrons. The number of pyridine rings is 1. The summed E-state index contributed by atoms with van der Waals surface area (Å²) in [5.74, 6) is -0.119. The van der Waals surface area contributed by atoms with Crippen LogP contribution in [0.5, 0.6) is 5.75 Å². The van der Waals surface area contributed by atoms with Crippen LogP contribution in [0.1, 0.15) is 33.1 Å². The minimum atomic E-state index is -4.00. The maximum absolute atomic E-state index is 13.5. The minimum absolute atomic E-state index is 0.0767. The van der Waals surface area contributed by atoms with Gasteiger partial charge in [-0.15, -0.1) is 0 Å². The average molecular weight is 516 g/mol. The quantitative estimate of drug-likeness (QED) is 0.284. The van der Waals surface area contributed by atoms with E-state index in [4.69, 9.17) is 4.74 Å². The molecule has 1 aliphatic heterocycles. The van der Waals surface area contributed by atoms with Crippen molar-refractivity contribution in [3.63, 3.8) is 0 Å². The maximum atomic E-state index is 13.5. The molecule has 9 nitrogen and oxygen atoms in total. The molecular weight excluding hydrogens is 490 g/mol. The van der Waals surface area contributed by atoms with E-state index in [9.17, 15) is 13.2 Å². The number of benzene rings is 2. The van der Waals surface area contributed by atoms with E-state index in [2.05, 4.69) is 25.0 Å². The standard InChI is InChI=1S/C27H25N5O4S/c1-15-7-10-23(29-12-15)37(34,35)32-22-14-30-27(33)26-25(17-5-3-4-6-21(17)31-26)24(22)19-13-28-20-9-8-16(36-2)11-18(19)20/h3-13,22,24,28,31-32H,14H2,1-2H3,(H,30,33)/t22-,24+/m1/s1. The molecule has 6 rings (SSSR count). The molecule has 5 aromatic rings. The number of aromatic amines is 2. The van der Waals surface area contributed by atoms with Gasteiger partial charge in [0.1, 0.15) is 11.4 Å². The Balaban J connectivity index is 1.57.